The fourth-order valence-electron chi connectivity index (χ4n) is 2.67. The van der Waals surface area contributed by atoms with Crippen molar-refractivity contribution >= 4 is 29.2 Å². The average molecular weight is 293 g/mol. The molecule has 1 saturated heterocycles. The molecule has 3 heterocycles. The second-order valence-corrected chi connectivity index (χ2v) is 6.06. The first-order valence-corrected chi connectivity index (χ1v) is 7.32. The second kappa shape index (κ2) is 4.68. The van der Waals surface area contributed by atoms with E-state index < -0.39 is 17.8 Å². The summed E-state index contributed by atoms with van der Waals surface area (Å²) in [6, 6.07) is 1.69. The zero-order chi connectivity index (χ0) is 14.4. The lowest BCUT2D eigenvalue weighted by Gasteiger charge is -2.35. The minimum Gasteiger partial charge on any atom is -0.278 e. The molecule has 0 aromatic carbocycles. The van der Waals surface area contributed by atoms with E-state index >= 15 is 0 Å². The largest absolute Gasteiger partial charge is 0.335 e. The van der Waals surface area contributed by atoms with Crippen LogP contribution in [-0.2, 0) is 16.0 Å². The maximum atomic E-state index is 11.9. The average Bonchev–Trinajstić information content (AvgIpc) is 2.98. The van der Waals surface area contributed by atoms with Gasteiger partial charge in [-0.05, 0) is 30.4 Å². The molecular formula is C13H15N3O3S. The number of amides is 4. The monoisotopic (exact) mass is 293 g/mol. The van der Waals surface area contributed by atoms with Gasteiger partial charge < -0.3 is 0 Å². The van der Waals surface area contributed by atoms with Gasteiger partial charge in [0.05, 0.1) is 6.67 Å². The van der Waals surface area contributed by atoms with E-state index in [1.54, 1.807) is 11.3 Å². The number of hydrogen-bond acceptors (Lipinski definition) is 5. The van der Waals surface area contributed by atoms with Crippen LogP contribution in [0.3, 0.4) is 0 Å². The zero-order valence-electron chi connectivity index (χ0n) is 11.3. The van der Waals surface area contributed by atoms with Crippen LogP contribution in [0.25, 0.3) is 0 Å². The number of likely N-dealkylation sites (N-methyl/N-ethyl adjacent to an activating group) is 1. The van der Waals surface area contributed by atoms with Crippen molar-refractivity contribution in [3.05, 3.63) is 21.9 Å². The molecule has 0 bridgehead atoms. The van der Waals surface area contributed by atoms with Crippen molar-refractivity contribution in [1.82, 2.24) is 14.7 Å². The van der Waals surface area contributed by atoms with Gasteiger partial charge in [0.2, 0.25) is 0 Å². The van der Waals surface area contributed by atoms with Gasteiger partial charge >= 0.3 is 17.8 Å². The fourth-order valence-corrected chi connectivity index (χ4v) is 3.64. The Morgan fingerprint density at radius 2 is 2.05 bits per heavy atom. The van der Waals surface area contributed by atoms with E-state index in [4.69, 9.17) is 0 Å². The summed E-state index contributed by atoms with van der Waals surface area (Å²) in [6.07, 6.45) is 0.914. The Balaban J connectivity index is 1.78. The third kappa shape index (κ3) is 1.85. The maximum Gasteiger partial charge on any atom is 0.335 e. The summed E-state index contributed by atoms with van der Waals surface area (Å²) >= 11 is 1.74. The quantitative estimate of drug-likeness (QED) is 0.604. The highest BCUT2D eigenvalue weighted by molar-refractivity contribution is 7.10. The van der Waals surface area contributed by atoms with Crippen LogP contribution in [0.1, 0.15) is 23.4 Å². The van der Waals surface area contributed by atoms with Crippen molar-refractivity contribution in [2.24, 2.45) is 0 Å². The highest BCUT2D eigenvalue weighted by Gasteiger charge is 2.43. The van der Waals surface area contributed by atoms with E-state index in [2.05, 4.69) is 23.3 Å². The first-order chi connectivity index (χ1) is 9.50. The van der Waals surface area contributed by atoms with Gasteiger partial charge in [-0.1, -0.05) is 0 Å². The van der Waals surface area contributed by atoms with Gasteiger partial charge in [0.15, 0.2) is 0 Å². The Morgan fingerprint density at radius 1 is 1.30 bits per heavy atom. The van der Waals surface area contributed by atoms with E-state index in [0.717, 1.165) is 22.8 Å². The Morgan fingerprint density at radius 3 is 2.70 bits per heavy atom. The normalized spacial score (nSPS) is 23.7. The number of nitrogens with zero attached hydrogens (tertiary/aromatic N) is 3. The van der Waals surface area contributed by atoms with Crippen LogP contribution in [-0.4, -0.2) is 52.8 Å². The van der Waals surface area contributed by atoms with Gasteiger partial charge in [-0.3, -0.25) is 19.4 Å². The van der Waals surface area contributed by atoms with Crippen LogP contribution in [0, 0.1) is 0 Å². The molecule has 0 radical (unpaired) electrons. The maximum absolute atomic E-state index is 11.9. The molecule has 2 aliphatic heterocycles. The number of rotatable bonds is 2. The van der Waals surface area contributed by atoms with Crippen LogP contribution in [0.15, 0.2) is 11.4 Å². The number of thiophene rings is 1. The van der Waals surface area contributed by atoms with E-state index in [-0.39, 0.29) is 12.7 Å². The molecule has 7 heteroatoms. The summed E-state index contributed by atoms with van der Waals surface area (Å²) in [5.74, 6) is -1.49. The van der Waals surface area contributed by atoms with E-state index in [1.165, 1.54) is 17.5 Å². The lowest BCUT2D eigenvalue weighted by Crippen LogP contribution is -2.45. The van der Waals surface area contributed by atoms with Crippen molar-refractivity contribution in [3.8, 4) is 0 Å². The molecular weight excluding hydrogens is 278 g/mol. The molecule has 1 atom stereocenters. The highest BCUT2D eigenvalue weighted by Crippen LogP contribution is 2.33. The summed E-state index contributed by atoms with van der Waals surface area (Å²) in [5.41, 5.74) is 1.25. The number of imide groups is 2. The molecule has 106 valence electrons. The third-order valence-corrected chi connectivity index (χ3v) is 4.97. The second-order valence-electron chi connectivity index (χ2n) is 5.06. The molecule has 4 amide bonds. The summed E-state index contributed by atoms with van der Waals surface area (Å²) in [5, 5.41) is 2.06. The van der Waals surface area contributed by atoms with Crippen molar-refractivity contribution in [1.29, 1.82) is 0 Å². The molecule has 1 fully saturated rings. The standard InChI is InChI=1S/C13H15N3O3S/c1-8-9-4-6-20-10(9)3-5-15(8)7-16-12(18)11(17)14(2)13(16)19/h4,6,8H,3,5,7H2,1-2H3/t8-/m0/s1. The highest BCUT2D eigenvalue weighted by atomic mass is 32.1. The lowest BCUT2D eigenvalue weighted by atomic mass is 10.0. The van der Waals surface area contributed by atoms with Crippen molar-refractivity contribution in [2.75, 3.05) is 20.3 Å². The first kappa shape index (κ1) is 13.3. The van der Waals surface area contributed by atoms with Gasteiger partial charge in [0.1, 0.15) is 0 Å². The van der Waals surface area contributed by atoms with E-state index in [1.807, 2.05) is 0 Å². The predicted octanol–water partition coefficient (Wildman–Crippen LogP) is 1.05. The summed E-state index contributed by atoms with van der Waals surface area (Å²) in [6.45, 7) is 3.01. The van der Waals surface area contributed by atoms with Crippen molar-refractivity contribution < 1.29 is 14.4 Å². The molecule has 0 unspecified atom stereocenters. The summed E-state index contributed by atoms with van der Waals surface area (Å²) in [7, 11) is 1.33. The van der Waals surface area contributed by atoms with Crippen LogP contribution in [0.2, 0.25) is 0 Å². The Kier molecular flexibility index (Phi) is 3.10. The molecule has 3 rings (SSSR count). The van der Waals surface area contributed by atoms with Crippen LogP contribution < -0.4 is 0 Å². The molecule has 0 spiro atoms. The van der Waals surface area contributed by atoms with Crippen LogP contribution in [0.5, 0.6) is 0 Å². The Hall–Kier alpha value is -1.73. The molecule has 2 aliphatic rings. The minimum atomic E-state index is -0.754. The van der Waals surface area contributed by atoms with Crippen LogP contribution in [0.4, 0.5) is 4.79 Å². The summed E-state index contributed by atoms with van der Waals surface area (Å²) < 4.78 is 0. The third-order valence-electron chi connectivity index (χ3n) is 3.98. The minimum absolute atomic E-state index is 0.145. The van der Waals surface area contributed by atoms with Gasteiger partial charge in [-0.2, -0.15) is 0 Å². The van der Waals surface area contributed by atoms with Crippen molar-refractivity contribution in [2.45, 2.75) is 19.4 Å². The molecule has 0 N–H and O–H groups in total. The van der Waals surface area contributed by atoms with Gasteiger partial charge in [-0.25, -0.2) is 9.69 Å². The van der Waals surface area contributed by atoms with Gasteiger partial charge in [0.25, 0.3) is 0 Å². The number of urea groups is 1. The van der Waals surface area contributed by atoms with E-state index in [0.29, 0.717) is 0 Å². The SMILES string of the molecule is C[C@H]1c2ccsc2CCN1CN1C(=O)C(=O)N(C)C1=O. The number of carbonyl (C=O) groups is 3. The molecule has 20 heavy (non-hydrogen) atoms. The molecule has 0 saturated carbocycles. The van der Waals surface area contributed by atoms with Gasteiger partial charge in [-0.15, -0.1) is 11.3 Å². The number of fused-ring (bicyclic) bond motifs is 1. The number of hydrogen-bond donors (Lipinski definition) is 0. The lowest BCUT2D eigenvalue weighted by molar-refractivity contribution is -0.143. The zero-order valence-corrected chi connectivity index (χ0v) is 12.1. The summed E-state index contributed by atoms with van der Waals surface area (Å²) in [4.78, 5) is 40.5. The Labute approximate surface area is 120 Å². The smallest absolute Gasteiger partial charge is 0.278 e. The Bertz CT molecular complexity index is 597. The molecule has 1 aromatic heterocycles. The molecule has 6 nitrogen and oxygen atoms in total. The fraction of sp³-hybridized carbons (Fsp3) is 0.462. The van der Waals surface area contributed by atoms with Crippen molar-refractivity contribution in [3.63, 3.8) is 0 Å². The number of carbonyl (C=O) groups excluding carboxylic acids is 3. The van der Waals surface area contributed by atoms with E-state index in [9.17, 15) is 14.4 Å². The first-order valence-electron chi connectivity index (χ1n) is 6.44. The topological polar surface area (TPSA) is 60.9 Å². The van der Waals surface area contributed by atoms with Crippen LogP contribution >= 0.6 is 11.3 Å². The van der Waals surface area contributed by atoms with Gasteiger partial charge in [0, 0.05) is 24.5 Å². The molecule has 1 aromatic rings. The molecule has 0 aliphatic carbocycles. The predicted molar refractivity (Wildman–Crippen MR) is 73.0 cm³/mol.